The molecule has 4 rings (SSSR count). The summed E-state index contributed by atoms with van der Waals surface area (Å²) in [7, 11) is 0. The standard InChI is InChI=1S/C17H20N4O2S/c1-2-15-19-20(10-16(22)18-11-5-3-4-6-11)17(23)13-9-14-12(21(13)15)7-8-24-14/h7-9,11H,2-6,10H2,1H3,(H,18,22). The fraction of sp³-hybridized carbons (Fsp3) is 0.471. The summed E-state index contributed by atoms with van der Waals surface area (Å²) in [4.78, 5) is 25.0. The lowest BCUT2D eigenvalue weighted by molar-refractivity contribution is -0.122. The first kappa shape index (κ1) is 15.4. The molecule has 0 radical (unpaired) electrons. The number of fused-ring (bicyclic) bond motifs is 3. The molecule has 0 aliphatic heterocycles. The summed E-state index contributed by atoms with van der Waals surface area (Å²) in [5.74, 6) is 0.669. The minimum Gasteiger partial charge on any atom is -0.352 e. The number of hydrogen-bond donors (Lipinski definition) is 1. The second-order valence-corrected chi connectivity index (χ2v) is 7.26. The van der Waals surface area contributed by atoms with Crippen molar-refractivity contribution in [2.24, 2.45) is 0 Å². The van der Waals surface area contributed by atoms with Gasteiger partial charge in [0.1, 0.15) is 17.9 Å². The zero-order valence-electron chi connectivity index (χ0n) is 13.6. The molecule has 1 N–H and O–H groups in total. The van der Waals surface area contributed by atoms with Crippen molar-refractivity contribution < 1.29 is 4.79 Å². The Balaban J connectivity index is 1.71. The van der Waals surface area contributed by atoms with E-state index >= 15 is 0 Å². The van der Waals surface area contributed by atoms with Gasteiger partial charge in [0.15, 0.2) is 0 Å². The van der Waals surface area contributed by atoms with E-state index in [0.29, 0.717) is 11.9 Å². The van der Waals surface area contributed by atoms with Crippen LogP contribution in [0.25, 0.3) is 15.7 Å². The van der Waals surface area contributed by atoms with Crippen molar-refractivity contribution in [1.29, 1.82) is 0 Å². The minimum atomic E-state index is -0.211. The van der Waals surface area contributed by atoms with Crippen LogP contribution in [-0.4, -0.2) is 26.1 Å². The molecule has 7 heteroatoms. The predicted octanol–water partition coefficient (Wildman–Crippen LogP) is 2.33. The Morgan fingerprint density at radius 2 is 2.17 bits per heavy atom. The molecule has 3 aromatic heterocycles. The molecule has 1 aliphatic carbocycles. The van der Waals surface area contributed by atoms with Crippen molar-refractivity contribution in [3.05, 3.63) is 33.7 Å². The molecule has 1 fully saturated rings. The zero-order valence-corrected chi connectivity index (χ0v) is 14.4. The quantitative estimate of drug-likeness (QED) is 0.790. The van der Waals surface area contributed by atoms with Crippen LogP contribution in [0.4, 0.5) is 0 Å². The molecule has 0 atom stereocenters. The molecular formula is C17H20N4O2S. The van der Waals surface area contributed by atoms with Crippen LogP contribution >= 0.6 is 11.3 Å². The Morgan fingerprint density at radius 3 is 2.92 bits per heavy atom. The van der Waals surface area contributed by atoms with E-state index in [1.165, 1.54) is 4.68 Å². The Kier molecular flexibility index (Phi) is 3.88. The zero-order chi connectivity index (χ0) is 16.7. The molecule has 1 aliphatic rings. The molecule has 0 aromatic carbocycles. The third kappa shape index (κ3) is 2.53. The Labute approximate surface area is 143 Å². The lowest BCUT2D eigenvalue weighted by atomic mass is 10.2. The number of nitrogens with one attached hydrogen (secondary N) is 1. The summed E-state index contributed by atoms with van der Waals surface area (Å²) in [6, 6.07) is 4.15. The summed E-state index contributed by atoms with van der Waals surface area (Å²) < 4.78 is 4.29. The highest BCUT2D eigenvalue weighted by molar-refractivity contribution is 7.17. The number of aryl methyl sites for hydroxylation is 1. The van der Waals surface area contributed by atoms with Crippen LogP contribution in [0, 0.1) is 0 Å². The average Bonchev–Trinajstić information content (AvgIpc) is 3.26. The van der Waals surface area contributed by atoms with Gasteiger partial charge in [0, 0.05) is 12.5 Å². The highest BCUT2D eigenvalue weighted by Gasteiger charge is 2.19. The maximum absolute atomic E-state index is 12.7. The first-order valence-electron chi connectivity index (χ1n) is 8.45. The highest BCUT2D eigenvalue weighted by Crippen LogP contribution is 2.24. The number of nitrogens with zero attached hydrogens (tertiary/aromatic N) is 3. The van der Waals surface area contributed by atoms with Crippen LogP contribution in [0.1, 0.15) is 38.4 Å². The van der Waals surface area contributed by atoms with Crippen LogP contribution in [0.5, 0.6) is 0 Å². The maximum atomic E-state index is 12.7. The highest BCUT2D eigenvalue weighted by atomic mass is 32.1. The number of aromatic nitrogens is 3. The first-order chi connectivity index (χ1) is 11.7. The maximum Gasteiger partial charge on any atom is 0.291 e. The van der Waals surface area contributed by atoms with Crippen molar-refractivity contribution in [2.75, 3.05) is 0 Å². The van der Waals surface area contributed by atoms with E-state index in [0.717, 1.165) is 41.7 Å². The second-order valence-electron chi connectivity index (χ2n) is 6.32. The Bertz CT molecular complexity index is 962. The van der Waals surface area contributed by atoms with Crippen LogP contribution < -0.4 is 10.9 Å². The van der Waals surface area contributed by atoms with Gasteiger partial charge in [-0.2, -0.15) is 5.10 Å². The number of carbonyl (C=O) groups excluding carboxylic acids is 1. The molecular weight excluding hydrogens is 324 g/mol. The van der Waals surface area contributed by atoms with Crippen LogP contribution in [0.2, 0.25) is 0 Å². The van der Waals surface area contributed by atoms with E-state index in [1.54, 1.807) is 11.3 Å². The molecule has 6 nitrogen and oxygen atoms in total. The number of thiophene rings is 1. The number of hydrogen-bond acceptors (Lipinski definition) is 4. The summed E-state index contributed by atoms with van der Waals surface area (Å²) in [6.07, 6.45) is 5.08. The van der Waals surface area contributed by atoms with Crippen molar-refractivity contribution >= 4 is 33.0 Å². The van der Waals surface area contributed by atoms with Crippen molar-refractivity contribution in [1.82, 2.24) is 19.5 Å². The third-order valence-electron chi connectivity index (χ3n) is 4.70. The fourth-order valence-electron chi connectivity index (χ4n) is 3.54. The summed E-state index contributed by atoms with van der Waals surface area (Å²) in [5, 5.41) is 9.48. The molecule has 0 bridgehead atoms. The van der Waals surface area contributed by atoms with Gasteiger partial charge < -0.3 is 5.32 Å². The number of rotatable bonds is 4. The van der Waals surface area contributed by atoms with Gasteiger partial charge in [0.2, 0.25) is 5.91 Å². The minimum absolute atomic E-state index is 0.0162. The molecule has 1 saturated carbocycles. The monoisotopic (exact) mass is 344 g/mol. The SMILES string of the molecule is CCc1nn(CC(=O)NC2CCCC2)c(=O)c2cc3sccc3n12. The smallest absolute Gasteiger partial charge is 0.291 e. The molecule has 3 heterocycles. The van der Waals surface area contributed by atoms with Gasteiger partial charge in [0.25, 0.3) is 5.56 Å². The van der Waals surface area contributed by atoms with Crippen LogP contribution in [-0.2, 0) is 17.8 Å². The average molecular weight is 344 g/mol. The van der Waals surface area contributed by atoms with E-state index in [-0.39, 0.29) is 24.1 Å². The Morgan fingerprint density at radius 1 is 1.38 bits per heavy atom. The second kappa shape index (κ2) is 6.05. The van der Waals surface area contributed by atoms with Crippen molar-refractivity contribution in [2.45, 2.75) is 51.6 Å². The van der Waals surface area contributed by atoms with Gasteiger partial charge in [-0.25, -0.2) is 4.68 Å². The largest absolute Gasteiger partial charge is 0.352 e. The predicted molar refractivity (Wildman–Crippen MR) is 94.6 cm³/mol. The van der Waals surface area contributed by atoms with Gasteiger partial charge in [-0.15, -0.1) is 11.3 Å². The van der Waals surface area contributed by atoms with Gasteiger partial charge >= 0.3 is 0 Å². The van der Waals surface area contributed by atoms with E-state index in [1.807, 2.05) is 28.8 Å². The lowest BCUT2D eigenvalue weighted by Gasteiger charge is -2.13. The van der Waals surface area contributed by atoms with Gasteiger partial charge in [-0.05, 0) is 30.4 Å². The van der Waals surface area contributed by atoms with Gasteiger partial charge in [0.05, 0.1) is 10.2 Å². The van der Waals surface area contributed by atoms with E-state index in [9.17, 15) is 9.59 Å². The summed E-state index contributed by atoms with van der Waals surface area (Å²) in [5.41, 5.74) is 1.40. The topological polar surface area (TPSA) is 68.4 Å². The number of amides is 1. The van der Waals surface area contributed by atoms with Crippen molar-refractivity contribution in [3.8, 4) is 0 Å². The molecule has 0 spiro atoms. The molecule has 126 valence electrons. The van der Waals surface area contributed by atoms with E-state index < -0.39 is 0 Å². The molecule has 0 unspecified atom stereocenters. The molecule has 24 heavy (non-hydrogen) atoms. The van der Waals surface area contributed by atoms with Gasteiger partial charge in [-0.3, -0.25) is 14.0 Å². The number of carbonyl (C=O) groups is 1. The normalized spacial score (nSPS) is 15.5. The summed E-state index contributed by atoms with van der Waals surface area (Å²) >= 11 is 1.61. The molecule has 0 saturated heterocycles. The van der Waals surface area contributed by atoms with Crippen LogP contribution in [0.15, 0.2) is 22.3 Å². The van der Waals surface area contributed by atoms with E-state index in [2.05, 4.69) is 10.4 Å². The van der Waals surface area contributed by atoms with E-state index in [4.69, 9.17) is 0 Å². The third-order valence-corrected chi connectivity index (χ3v) is 5.55. The van der Waals surface area contributed by atoms with Crippen LogP contribution in [0.3, 0.4) is 0 Å². The lowest BCUT2D eigenvalue weighted by Crippen LogP contribution is -2.39. The first-order valence-corrected chi connectivity index (χ1v) is 9.33. The van der Waals surface area contributed by atoms with Crippen molar-refractivity contribution in [3.63, 3.8) is 0 Å². The Hall–Kier alpha value is -2.15. The molecule has 1 amide bonds. The summed E-state index contributed by atoms with van der Waals surface area (Å²) in [6.45, 7) is 1.99. The molecule has 3 aromatic rings. The fourth-order valence-corrected chi connectivity index (χ4v) is 4.34. The van der Waals surface area contributed by atoms with Gasteiger partial charge in [-0.1, -0.05) is 19.8 Å².